The molecule has 1 aromatic carbocycles. The van der Waals surface area contributed by atoms with Crippen LogP contribution in [0.3, 0.4) is 0 Å². The molecule has 0 saturated carbocycles. The summed E-state index contributed by atoms with van der Waals surface area (Å²) < 4.78 is 7.22. The summed E-state index contributed by atoms with van der Waals surface area (Å²) in [6.45, 7) is 6.95. The summed E-state index contributed by atoms with van der Waals surface area (Å²) in [6, 6.07) is 8.86. The smallest absolute Gasteiger partial charge is 0.254 e. The van der Waals surface area contributed by atoms with Crippen molar-refractivity contribution in [2.75, 3.05) is 38.2 Å². The van der Waals surface area contributed by atoms with Gasteiger partial charge in [0.1, 0.15) is 17.9 Å². The molecule has 5 rings (SSSR count). The van der Waals surface area contributed by atoms with Gasteiger partial charge in [-0.05, 0) is 55.8 Å². The Morgan fingerprint density at radius 1 is 1.00 bits per heavy atom. The molecule has 0 N–H and O–H groups in total. The summed E-state index contributed by atoms with van der Waals surface area (Å²) in [7, 11) is 1.69. The van der Waals surface area contributed by atoms with Crippen molar-refractivity contribution in [2.45, 2.75) is 38.6 Å². The first-order chi connectivity index (χ1) is 14.7. The Balaban J connectivity index is 1.43. The van der Waals surface area contributed by atoms with Crippen molar-refractivity contribution < 1.29 is 4.74 Å². The third-order valence-electron chi connectivity index (χ3n) is 6.65. The minimum absolute atomic E-state index is 0.647. The Kier molecular flexibility index (Phi) is 5.29. The molecule has 0 spiro atoms. The number of aromatic nitrogens is 4. The highest BCUT2D eigenvalue weighted by molar-refractivity contribution is 5.77. The van der Waals surface area contributed by atoms with Crippen LogP contribution in [-0.2, 0) is 0 Å². The third-order valence-corrected chi connectivity index (χ3v) is 6.65. The van der Waals surface area contributed by atoms with Gasteiger partial charge in [-0.2, -0.15) is 14.6 Å². The van der Waals surface area contributed by atoms with E-state index in [9.17, 15) is 0 Å². The van der Waals surface area contributed by atoms with E-state index in [-0.39, 0.29) is 0 Å². The lowest BCUT2D eigenvalue weighted by atomic mass is 9.95. The van der Waals surface area contributed by atoms with E-state index >= 15 is 0 Å². The Morgan fingerprint density at radius 3 is 2.53 bits per heavy atom. The van der Waals surface area contributed by atoms with E-state index in [1.165, 1.54) is 38.8 Å². The summed E-state index contributed by atoms with van der Waals surface area (Å²) in [6.07, 6.45) is 8.61. The Bertz CT molecular complexity index is 993. The molecular formula is C23H30N6O. The van der Waals surface area contributed by atoms with Gasteiger partial charge in [-0.1, -0.05) is 19.1 Å². The lowest BCUT2D eigenvalue weighted by molar-refractivity contribution is 0.112. The standard InChI is InChI=1S/C23H30N6O/c1-17-4-3-11-28(15-17)19-9-12-27(13-10-19)22-21(14-24-23-25-16-26-29(22)23)18-5-7-20(30-2)8-6-18/h5-8,14,16-17,19H,3-4,9-13,15H2,1-2H3/t17-/m1/s1. The summed E-state index contributed by atoms with van der Waals surface area (Å²) in [4.78, 5) is 14.0. The van der Waals surface area contributed by atoms with Crippen LogP contribution in [0.5, 0.6) is 5.75 Å². The number of rotatable bonds is 4. The van der Waals surface area contributed by atoms with E-state index in [2.05, 4.69) is 43.9 Å². The molecule has 0 bridgehead atoms. The largest absolute Gasteiger partial charge is 0.497 e. The van der Waals surface area contributed by atoms with E-state index < -0.39 is 0 Å². The maximum absolute atomic E-state index is 5.33. The number of benzene rings is 1. The Morgan fingerprint density at radius 2 is 1.80 bits per heavy atom. The fourth-order valence-corrected chi connectivity index (χ4v) is 5.05. The van der Waals surface area contributed by atoms with Gasteiger partial charge in [0.2, 0.25) is 0 Å². The second-order valence-electron chi connectivity index (χ2n) is 8.66. The molecule has 2 aliphatic rings. The van der Waals surface area contributed by atoms with Gasteiger partial charge < -0.3 is 9.64 Å². The maximum atomic E-state index is 5.33. The highest BCUT2D eigenvalue weighted by atomic mass is 16.5. The Hall–Kier alpha value is -2.67. The Labute approximate surface area is 177 Å². The van der Waals surface area contributed by atoms with Crippen LogP contribution in [0.15, 0.2) is 36.8 Å². The predicted molar refractivity (Wildman–Crippen MR) is 118 cm³/mol. The summed E-state index contributed by atoms with van der Waals surface area (Å²) in [5.74, 6) is 3.42. The topological polar surface area (TPSA) is 58.8 Å². The van der Waals surface area contributed by atoms with Gasteiger partial charge in [-0.3, -0.25) is 4.90 Å². The van der Waals surface area contributed by atoms with Crippen LogP contribution in [0.4, 0.5) is 5.82 Å². The normalized spacial score (nSPS) is 21.3. The molecule has 2 aliphatic heterocycles. The molecule has 3 aromatic rings. The number of nitrogens with zero attached hydrogens (tertiary/aromatic N) is 6. The monoisotopic (exact) mass is 406 g/mol. The van der Waals surface area contributed by atoms with Crippen molar-refractivity contribution in [3.05, 3.63) is 36.8 Å². The molecule has 7 heteroatoms. The van der Waals surface area contributed by atoms with E-state index in [1.54, 1.807) is 13.4 Å². The molecular weight excluding hydrogens is 376 g/mol. The number of hydrogen-bond acceptors (Lipinski definition) is 6. The van der Waals surface area contributed by atoms with Gasteiger partial charge in [-0.25, -0.2) is 4.98 Å². The first kappa shape index (κ1) is 19.3. The van der Waals surface area contributed by atoms with Crippen molar-refractivity contribution in [1.29, 1.82) is 0 Å². The van der Waals surface area contributed by atoms with E-state index in [4.69, 9.17) is 4.74 Å². The number of piperidine rings is 2. The van der Waals surface area contributed by atoms with Crippen LogP contribution >= 0.6 is 0 Å². The molecule has 0 aliphatic carbocycles. The van der Waals surface area contributed by atoms with Gasteiger partial charge >= 0.3 is 0 Å². The molecule has 30 heavy (non-hydrogen) atoms. The summed E-state index contributed by atoms with van der Waals surface area (Å²) in [5, 5.41) is 4.50. The van der Waals surface area contributed by atoms with Crippen LogP contribution in [-0.4, -0.2) is 63.8 Å². The lowest BCUT2D eigenvalue weighted by Gasteiger charge is -2.42. The molecule has 7 nitrogen and oxygen atoms in total. The van der Waals surface area contributed by atoms with Crippen LogP contribution < -0.4 is 9.64 Å². The van der Waals surface area contributed by atoms with Crippen molar-refractivity contribution >= 4 is 11.6 Å². The molecule has 0 unspecified atom stereocenters. The molecule has 2 saturated heterocycles. The summed E-state index contributed by atoms with van der Waals surface area (Å²) in [5.41, 5.74) is 2.20. The number of anilines is 1. The first-order valence-electron chi connectivity index (χ1n) is 11.0. The van der Waals surface area contributed by atoms with E-state index in [0.29, 0.717) is 11.8 Å². The zero-order chi connectivity index (χ0) is 20.5. The molecule has 158 valence electrons. The SMILES string of the molecule is COc1ccc(-c2cnc3ncnn3c2N2CCC(N3CCC[C@@H](C)C3)CC2)cc1. The summed E-state index contributed by atoms with van der Waals surface area (Å²) >= 11 is 0. The molecule has 0 radical (unpaired) electrons. The number of likely N-dealkylation sites (tertiary alicyclic amines) is 1. The molecule has 1 atom stereocenters. The minimum Gasteiger partial charge on any atom is -0.497 e. The first-order valence-corrected chi connectivity index (χ1v) is 11.0. The number of methoxy groups -OCH3 is 1. The minimum atomic E-state index is 0.647. The van der Waals surface area contributed by atoms with Crippen molar-refractivity contribution in [2.24, 2.45) is 5.92 Å². The van der Waals surface area contributed by atoms with Crippen LogP contribution in [0.1, 0.15) is 32.6 Å². The van der Waals surface area contributed by atoms with Crippen molar-refractivity contribution in [3.63, 3.8) is 0 Å². The highest BCUT2D eigenvalue weighted by Gasteiger charge is 2.29. The molecule has 4 heterocycles. The van der Waals surface area contributed by atoms with Gasteiger partial charge in [0.25, 0.3) is 5.78 Å². The van der Waals surface area contributed by atoms with E-state index in [1.807, 2.05) is 22.8 Å². The lowest BCUT2D eigenvalue weighted by Crippen LogP contribution is -2.48. The number of ether oxygens (including phenoxy) is 1. The average Bonchev–Trinajstić information content (AvgIpc) is 3.28. The zero-order valence-corrected chi connectivity index (χ0v) is 17.9. The van der Waals surface area contributed by atoms with Crippen molar-refractivity contribution in [1.82, 2.24) is 24.5 Å². The molecule has 0 amide bonds. The molecule has 2 aromatic heterocycles. The quantitative estimate of drug-likeness (QED) is 0.661. The number of hydrogen-bond donors (Lipinski definition) is 0. The number of fused-ring (bicyclic) bond motifs is 1. The second-order valence-corrected chi connectivity index (χ2v) is 8.66. The van der Waals surface area contributed by atoms with Crippen LogP contribution in [0.2, 0.25) is 0 Å². The fraction of sp³-hybridized carbons (Fsp3) is 0.522. The zero-order valence-electron chi connectivity index (χ0n) is 17.9. The maximum Gasteiger partial charge on any atom is 0.254 e. The van der Waals surface area contributed by atoms with Crippen LogP contribution in [0.25, 0.3) is 16.9 Å². The average molecular weight is 407 g/mol. The van der Waals surface area contributed by atoms with Gasteiger partial charge in [0.05, 0.1) is 7.11 Å². The van der Waals surface area contributed by atoms with E-state index in [0.717, 1.165) is 41.7 Å². The highest BCUT2D eigenvalue weighted by Crippen LogP contribution is 2.34. The third kappa shape index (κ3) is 3.62. The fourth-order valence-electron chi connectivity index (χ4n) is 5.05. The molecule has 2 fully saturated rings. The van der Waals surface area contributed by atoms with Gasteiger partial charge in [0.15, 0.2) is 0 Å². The van der Waals surface area contributed by atoms with Crippen molar-refractivity contribution in [3.8, 4) is 16.9 Å². The van der Waals surface area contributed by atoms with Crippen LogP contribution in [0, 0.1) is 5.92 Å². The van der Waals surface area contributed by atoms with Gasteiger partial charge in [-0.15, -0.1) is 0 Å². The predicted octanol–water partition coefficient (Wildman–Crippen LogP) is 3.50. The van der Waals surface area contributed by atoms with Gasteiger partial charge in [0, 0.05) is 37.4 Å². The second kappa shape index (κ2) is 8.22.